The maximum atomic E-state index is 12.7. The molecule has 174 valence electrons. The first-order valence-electron chi connectivity index (χ1n) is 10.8. The molecule has 0 aliphatic carbocycles. The van der Waals surface area contributed by atoms with Crippen LogP contribution in [0.5, 0.6) is 0 Å². The van der Waals surface area contributed by atoms with Crippen molar-refractivity contribution in [2.24, 2.45) is 0 Å². The molecule has 33 heavy (non-hydrogen) atoms. The Bertz CT molecular complexity index is 1310. The molecule has 1 aliphatic rings. The molecule has 2 heterocycles. The third-order valence-electron chi connectivity index (χ3n) is 5.67. The van der Waals surface area contributed by atoms with Crippen molar-refractivity contribution in [1.82, 2.24) is 4.31 Å². The molecule has 2 aromatic carbocycles. The number of hydrogen-bond acceptors (Lipinski definition) is 6. The van der Waals surface area contributed by atoms with E-state index in [2.05, 4.69) is 15.9 Å². The number of ether oxygens (including phenoxy) is 1. The number of aryl methyl sites for hydroxylation is 1. The van der Waals surface area contributed by atoms with Gasteiger partial charge in [0.15, 0.2) is 0 Å². The van der Waals surface area contributed by atoms with Crippen LogP contribution in [0.25, 0.3) is 11.0 Å². The molecule has 1 fully saturated rings. The first-order valence-corrected chi connectivity index (χ1v) is 13.0. The van der Waals surface area contributed by atoms with Crippen molar-refractivity contribution in [2.45, 2.75) is 43.6 Å². The number of hydrogen-bond donors (Lipinski definition) is 0. The molecule has 1 aliphatic heterocycles. The van der Waals surface area contributed by atoms with Crippen LogP contribution in [0.1, 0.15) is 36.8 Å². The Balaban J connectivity index is 1.34. The van der Waals surface area contributed by atoms with Crippen molar-refractivity contribution in [1.29, 1.82) is 0 Å². The molecule has 0 amide bonds. The zero-order valence-corrected chi connectivity index (χ0v) is 20.4. The van der Waals surface area contributed by atoms with Crippen molar-refractivity contribution in [2.75, 3.05) is 13.1 Å². The van der Waals surface area contributed by atoms with E-state index in [1.165, 1.54) is 10.4 Å². The Morgan fingerprint density at radius 3 is 2.48 bits per heavy atom. The Morgan fingerprint density at radius 2 is 1.76 bits per heavy atom. The van der Waals surface area contributed by atoms with Gasteiger partial charge in [-0.2, -0.15) is 4.31 Å². The summed E-state index contributed by atoms with van der Waals surface area (Å²) in [5.74, 6) is -0.404. The highest BCUT2D eigenvalue weighted by Gasteiger charge is 2.25. The van der Waals surface area contributed by atoms with E-state index >= 15 is 0 Å². The van der Waals surface area contributed by atoms with Gasteiger partial charge in [-0.15, -0.1) is 0 Å². The predicted molar refractivity (Wildman–Crippen MR) is 127 cm³/mol. The fraction of sp³-hybridized carbons (Fsp3) is 0.333. The fourth-order valence-electron chi connectivity index (χ4n) is 3.88. The van der Waals surface area contributed by atoms with Crippen molar-refractivity contribution in [3.8, 4) is 0 Å². The average Bonchev–Trinajstić information content (AvgIpc) is 2.81. The van der Waals surface area contributed by atoms with Crippen LogP contribution in [-0.2, 0) is 32.6 Å². The number of nitrogens with zero attached hydrogens (tertiary/aromatic N) is 1. The number of rotatable bonds is 7. The summed E-state index contributed by atoms with van der Waals surface area (Å²) in [6.07, 6.45) is 3.41. The fourth-order valence-corrected chi connectivity index (χ4v) is 5.74. The van der Waals surface area contributed by atoms with Crippen LogP contribution < -0.4 is 5.63 Å². The highest BCUT2D eigenvalue weighted by molar-refractivity contribution is 9.10. The monoisotopic (exact) mass is 533 g/mol. The van der Waals surface area contributed by atoms with Crippen LogP contribution >= 0.6 is 15.9 Å². The van der Waals surface area contributed by atoms with Crippen LogP contribution in [0.3, 0.4) is 0 Å². The van der Waals surface area contributed by atoms with Crippen LogP contribution in [-0.4, -0.2) is 31.8 Å². The van der Waals surface area contributed by atoms with Gasteiger partial charge in [-0.05, 0) is 55.2 Å². The first-order chi connectivity index (χ1) is 15.8. The van der Waals surface area contributed by atoms with Crippen molar-refractivity contribution < 1.29 is 22.4 Å². The molecular weight excluding hydrogens is 510 g/mol. The Morgan fingerprint density at radius 1 is 1.03 bits per heavy atom. The minimum Gasteiger partial charge on any atom is -0.461 e. The van der Waals surface area contributed by atoms with E-state index in [9.17, 15) is 18.0 Å². The molecule has 7 nitrogen and oxygen atoms in total. The molecule has 0 saturated carbocycles. The summed E-state index contributed by atoms with van der Waals surface area (Å²) in [6, 6.07) is 13.3. The Kier molecular flexibility index (Phi) is 7.31. The summed E-state index contributed by atoms with van der Waals surface area (Å²) in [6.45, 7) is 1.09. The molecule has 0 spiro atoms. The van der Waals surface area contributed by atoms with Gasteiger partial charge in [0.1, 0.15) is 12.2 Å². The van der Waals surface area contributed by atoms with Crippen molar-refractivity contribution >= 4 is 42.9 Å². The quantitative estimate of drug-likeness (QED) is 0.330. The van der Waals surface area contributed by atoms with E-state index < -0.39 is 21.6 Å². The molecule has 3 aromatic rings. The third-order valence-corrected chi connectivity index (χ3v) is 8.08. The van der Waals surface area contributed by atoms with E-state index in [1.807, 2.05) is 6.07 Å². The lowest BCUT2D eigenvalue weighted by molar-refractivity contribution is -0.144. The highest BCUT2D eigenvalue weighted by atomic mass is 79.9. The second-order valence-electron chi connectivity index (χ2n) is 8.00. The van der Waals surface area contributed by atoms with Gasteiger partial charge in [0.2, 0.25) is 10.0 Å². The van der Waals surface area contributed by atoms with Crippen molar-refractivity contribution in [3.63, 3.8) is 0 Å². The van der Waals surface area contributed by atoms with E-state index in [4.69, 9.17) is 9.15 Å². The summed E-state index contributed by atoms with van der Waals surface area (Å²) in [4.78, 5) is 24.3. The standard InChI is InChI=1S/C24H24BrNO6S/c25-19-7-10-21-18(14-24(28)32-22(21)15-19)16-31-23(27)11-6-17-4-8-20(9-5-17)33(29,30)26-12-2-1-3-13-26/h4-5,7-10,14-15H,1-3,6,11-13,16H2. The molecule has 9 heteroatoms. The van der Waals surface area contributed by atoms with Gasteiger partial charge in [0, 0.05) is 41.0 Å². The zero-order chi connectivity index (χ0) is 23.4. The number of sulfonamides is 1. The van der Waals surface area contributed by atoms with E-state index in [-0.39, 0.29) is 17.9 Å². The van der Waals surface area contributed by atoms with Gasteiger partial charge in [0.25, 0.3) is 0 Å². The molecule has 1 aromatic heterocycles. The van der Waals surface area contributed by atoms with E-state index in [0.29, 0.717) is 36.0 Å². The second kappa shape index (κ2) is 10.2. The lowest BCUT2D eigenvalue weighted by Gasteiger charge is -2.25. The lowest BCUT2D eigenvalue weighted by Crippen LogP contribution is -2.35. The lowest BCUT2D eigenvalue weighted by atomic mass is 10.1. The van der Waals surface area contributed by atoms with Gasteiger partial charge in [0.05, 0.1) is 4.90 Å². The SMILES string of the molecule is O=C(CCc1ccc(S(=O)(=O)N2CCCCC2)cc1)OCc1cc(=O)oc2cc(Br)ccc12. The third kappa shape index (κ3) is 5.72. The minimum absolute atomic E-state index is 0.0322. The molecule has 0 atom stereocenters. The van der Waals surface area contributed by atoms with Gasteiger partial charge >= 0.3 is 11.6 Å². The summed E-state index contributed by atoms with van der Waals surface area (Å²) in [5, 5.41) is 0.705. The van der Waals surface area contributed by atoms with E-state index in [0.717, 1.165) is 29.3 Å². The van der Waals surface area contributed by atoms with Crippen molar-refractivity contribution in [3.05, 3.63) is 74.6 Å². The maximum absolute atomic E-state index is 12.7. The van der Waals surface area contributed by atoms with Crippen LogP contribution in [0.15, 0.2) is 67.1 Å². The number of fused-ring (bicyclic) bond motifs is 1. The zero-order valence-electron chi connectivity index (χ0n) is 18.0. The maximum Gasteiger partial charge on any atom is 0.336 e. The molecule has 0 N–H and O–H groups in total. The van der Waals surface area contributed by atoms with Crippen LogP contribution in [0, 0.1) is 0 Å². The number of piperidine rings is 1. The molecular formula is C24H24BrNO6S. The topological polar surface area (TPSA) is 93.9 Å². The van der Waals surface area contributed by atoms with Gasteiger partial charge in [-0.1, -0.05) is 34.5 Å². The number of carbonyl (C=O) groups excluding carboxylic acids is 1. The molecule has 0 unspecified atom stereocenters. The van der Waals surface area contributed by atoms with Crippen LogP contribution in [0.4, 0.5) is 0 Å². The number of benzene rings is 2. The molecule has 0 bridgehead atoms. The molecule has 1 saturated heterocycles. The summed E-state index contributed by atoms with van der Waals surface area (Å²) >= 11 is 3.34. The molecule has 4 rings (SSSR count). The average molecular weight is 534 g/mol. The van der Waals surface area contributed by atoms with Gasteiger partial charge in [-0.25, -0.2) is 13.2 Å². The number of carbonyl (C=O) groups is 1. The highest BCUT2D eigenvalue weighted by Crippen LogP contribution is 2.23. The van der Waals surface area contributed by atoms with Crippen LogP contribution in [0.2, 0.25) is 0 Å². The predicted octanol–water partition coefficient (Wildman–Crippen LogP) is 4.41. The van der Waals surface area contributed by atoms with Gasteiger partial charge < -0.3 is 9.15 Å². The van der Waals surface area contributed by atoms with Gasteiger partial charge in [-0.3, -0.25) is 4.79 Å². The summed E-state index contributed by atoms with van der Waals surface area (Å²) in [7, 11) is -3.47. The second-order valence-corrected chi connectivity index (χ2v) is 10.9. The van der Waals surface area contributed by atoms with E-state index in [1.54, 1.807) is 36.4 Å². The first kappa shape index (κ1) is 23.7. The minimum atomic E-state index is -3.47. The summed E-state index contributed by atoms with van der Waals surface area (Å²) in [5.41, 5.74) is 1.34. The number of halogens is 1. The smallest absolute Gasteiger partial charge is 0.336 e. The normalized spacial score (nSPS) is 14.9. The number of esters is 1. The molecule has 0 radical (unpaired) electrons. The summed E-state index contributed by atoms with van der Waals surface area (Å²) < 4.78 is 38.4. The largest absolute Gasteiger partial charge is 0.461 e. The Labute approximate surface area is 200 Å². The Hall–Kier alpha value is -2.49.